The van der Waals surface area contributed by atoms with Crippen LogP contribution in [0.2, 0.25) is 0 Å². The molecule has 0 radical (unpaired) electrons. The predicted octanol–water partition coefficient (Wildman–Crippen LogP) is 2.69. The maximum absolute atomic E-state index is 6.05. The minimum Gasteiger partial charge on any atom is -0.497 e. The van der Waals surface area contributed by atoms with Gasteiger partial charge in [-0.25, -0.2) is 0 Å². The Labute approximate surface area is 123 Å². The standard InChI is InChI=1S/C17H28N2O/c1-17(13-18,19(2)12-15-4-5-15)11-10-14-6-8-16(20-3)9-7-14/h6-9,15H,4-5,10-13,18H2,1-3H3. The zero-order chi connectivity index (χ0) is 14.6. The van der Waals surface area contributed by atoms with E-state index in [1.54, 1.807) is 7.11 Å². The Morgan fingerprint density at radius 2 is 1.95 bits per heavy atom. The van der Waals surface area contributed by atoms with Crippen LogP contribution in [0.4, 0.5) is 0 Å². The molecule has 0 heterocycles. The van der Waals surface area contributed by atoms with Crippen LogP contribution in [-0.2, 0) is 6.42 Å². The monoisotopic (exact) mass is 276 g/mol. The van der Waals surface area contributed by atoms with Crippen molar-refractivity contribution < 1.29 is 4.74 Å². The number of ether oxygens (including phenoxy) is 1. The molecular formula is C17H28N2O. The van der Waals surface area contributed by atoms with Crippen molar-refractivity contribution in [2.45, 2.75) is 38.1 Å². The Kier molecular flexibility index (Phi) is 5.06. The molecule has 1 aromatic carbocycles. The van der Waals surface area contributed by atoms with Crippen LogP contribution in [0.15, 0.2) is 24.3 Å². The highest BCUT2D eigenvalue weighted by Gasteiger charge is 2.32. The normalized spacial score (nSPS) is 18.1. The van der Waals surface area contributed by atoms with E-state index >= 15 is 0 Å². The number of nitrogens with zero attached hydrogens (tertiary/aromatic N) is 1. The summed E-state index contributed by atoms with van der Waals surface area (Å²) in [6.45, 7) is 4.20. The van der Waals surface area contributed by atoms with Crippen LogP contribution < -0.4 is 10.5 Å². The fraction of sp³-hybridized carbons (Fsp3) is 0.647. The quantitative estimate of drug-likeness (QED) is 0.793. The first-order valence-corrected chi connectivity index (χ1v) is 7.61. The van der Waals surface area contributed by atoms with Gasteiger partial charge in [-0.05, 0) is 63.3 Å². The largest absolute Gasteiger partial charge is 0.497 e. The zero-order valence-corrected chi connectivity index (χ0v) is 13.1. The Hall–Kier alpha value is -1.06. The number of likely N-dealkylation sites (N-methyl/N-ethyl adjacent to an activating group) is 1. The fourth-order valence-corrected chi connectivity index (χ4v) is 2.56. The maximum atomic E-state index is 6.05. The second-order valence-electron chi connectivity index (χ2n) is 6.37. The molecule has 2 N–H and O–H groups in total. The molecule has 0 amide bonds. The molecule has 0 aliphatic heterocycles. The van der Waals surface area contributed by atoms with Gasteiger partial charge in [0.2, 0.25) is 0 Å². The lowest BCUT2D eigenvalue weighted by Crippen LogP contribution is -2.50. The Morgan fingerprint density at radius 3 is 2.45 bits per heavy atom. The predicted molar refractivity (Wildman–Crippen MR) is 84.1 cm³/mol. The smallest absolute Gasteiger partial charge is 0.118 e. The highest BCUT2D eigenvalue weighted by molar-refractivity contribution is 5.27. The van der Waals surface area contributed by atoms with Crippen LogP contribution >= 0.6 is 0 Å². The number of aryl methyl sites for hydroxylation is 1. The molecule has 3 nitrogen and oxygen atoms in total. The second kappa shape index (κ2) is 6.59. The van der Waals surface area contributed by atoms with Gasteiger partial charge in [-0.1, -0.05) is 12.1 Å². The Morgan fingerprint density at radius 1 is 1.30 bits per heavy atom. The molecule has 1 atom stereocenters. The summed E-state index contributed by atoms with van der Waals surface area (Å²) in [7, 11) is 3.92. The average molecular weight is 276 g/mol. The minimum atomic E-state index is 0.0997. The molecular weight excluding hydrogens is 248 g/mol. The van der Waals surface area contributed by atoms with E-state index in [9.17, 15) is 0 Å². The van der Waals surface area contributed by atoms with Gasteiger partial charge in [-0.15, -0.1) is 0 Å². The third-order valence-electron chi connectivity index (χ3n) is 4.70. The highest BCUT2D eigenvalue weighted by Crippen LogP contribution is 2.32. The molecule has 3 heteroatoms. The molecule has 1 aliphatic rings. The summed E-state index contributed by atoms with van der Waals surface area (Å²) in [5.74, 6) is 1.83. The van der Waals surface area contributed by atoms with Crippen molar-refractivity contribution in [1.29, 1.82) is 0 Å². The van der Waals surface area contributed by atoms with Crippen LogP contribution in [-0.4, -0.2) is 37.7 Å². The molecule has 1 fully saturated rings. The van der Waals surface area contributed by atoms with Crippen molar-refractivity contribution in [2.75, 3.05) is 27.2 Å². The topological polar surface area (TPSA) is 38.5 Å². The number of nitrogens with two attached hydrogens (primary N) is 1. The van der Waals surface area contributed by atoms with Crippen molar-refractivity contribution in [3.63, 3.8) is 0 Å². The number of rotatable bonds is 8. The molecule has 1 unspecified atom stereocenters. The van der Waals surface area contributed by atoms with Crippen LogP contribution in [0.25, 0.3) is 0 Å². The van der Waals surface area contributed by atoms with Gasteiger partial charge in [0, 0.05) is 18.6 Å². The first-order valence-electron chi connectivity index (χ1n) is 7.61. The van der Waals surface area contributed by atoms with Crippen LogP contribution in [0.5, 0.6) is 5.75 Å². The van der Waals surface area contributed by atoms with E-state index in [4.69, 9.17) is 10.5 Å². The van der Waals surface area contributed by atoms with E-state index in [2.05, 4.69) is 31.0 Å². The second-order valence-corrected chi connectivity index (χ2v) is 6.37. The van der Waals surface area contributed by atoms with Gasteiger partial charge in [0.1, 0.15) is 5.75 Å². The molecule has 20 heavy (non-hydrogen) atoms. The van der Waals surface area contributed by atoms with E-state index in [0.717, 1.165) is 24.5 Å². The first-order chi connectivity index (χ1) is 9.57. The van der Waals surface area contributed by atoms with Gasteiger partial charge in [0.25, 0.3) is 0 Å². The van der Waals surface area contributed by atoms with E-state index in [0.29, 0.717) is 6.54 Å². The summed E-state index contributed by atoms with van der Waals surface area (Å²) in [5, 5.41) is 0. The summed E-state index contributed by atoms with van der Waals surface area (Å²) < 4.78 is 5.20. The van der Waals surface area contributed by atoms with Gasteiger partial charge >= 0.3 is 0 Å². The van der Waals surface area contributed by atoms with Crippen molar-refractivity contribution in [1.82, 2.24) is 4.90 Å². The van der Waals surface area contributed by atoms with Crippen molar-refractivity contribution in [2.24, 2.45) is 11.7 Å². The minimum absolute atomic E-state index is 0.0997. The molecule has 1 saturated carbocycles. The number of benzene rings is 1. The third-order valence-corrected chi connectivity index (χ3v) is 4.70. The summed E-state index contributed by atoms with van der Waals surface area (Å²) in [6, 6.07) is 8.36. The molecule has 1 aromatic rings. The number of methoxy groups -OCH3 is 1. The molecule has 0 saturated heterocycles. The molecule has 2 rings (SSSR count). The van der Waals surface area contributed by atoms with Crippen LogP contribution in [0.1, 0.15) is 31.7 Å². The first kappa shape index (κ1) is 15.3. The van der Waals surface area contributed by atoms with Gasteiger partial charge in [-0.2, -0.15) is 0 Å². The van der Waals surface area contributed by atoms with E-state index < -0.39 is 0 Å². The third kappa shape index (κ3) is 3.97. The van der Waals surface area contributed by atoms with E-state index in [-0.39, 0.29) is 5.54 Å². The van der Waals surface area contributed by atoms with Crippen LogP contribution in [0, 0.1) is 5.92 Å². The fourth-order valence-electron chi connectivity index (χ4n) is 2.56. The van der Waals surface area contributed by atoms with Crippen LogP contribution in [0.3, 0.4) is 0 Å². The molecule has 0 aromatic heterocycles. The van der Waals surface area contributed by atoms with Gasteiger partial charge < -0.3 is 10.5 Å². The van der Waals surface area contributed by atoms with Crippen molar-refractivity contribution in [3.8, 4) is 5.75 Å². The van der Waals surface area contributed by atoms with E-state index in [1.807, 2.05) is 12.1 Å². The zero-order valence-electron chi connectivity index (χ0n) is 13.1. The van der Waals surface area contributed by atoms with Crippen molar-refractivity contribution in [3.05, 3.63) is 29.8 Å². The lowest BCUT2D eigenvalue weighted by atomic mass is 9.91. The molecule has 0 bridgehead atoms. The Balaban J connectivity index is 1.90. The molecule has 1 aliphatic carbocycles. The highest BCUT2D eigenvalue weighted by atomic mass is 16.5. The lowest BCUT2D eigenvalue weighted by Gasteiger charge is -2.38. The average Bonchev–Trinajstić information content (AvgIpc) is 3.29. The Bertz CT molecular complexity index is 414. The maximum Gasteiger partial charge on any atom is 0.118 e. The number of hydrogen-bond donors (Lipinski definition) is 1. The summed E-state index contributed by atoms with van der Waals surface area (Å²) in [6.07, 6.45) is 4.94. The summed E-state index contributed by atoms with van der Waals surface area (Å²) >= 11 is 0. The van der Waals surface area contributed by atoms with Gasteiger partial charge in [0.15, 0.2) is 0 Å². The summed E-state index contributed by atoms with van der Waals surface area (Å²) in [5.41, 5.74) is 7.50. The number of hydrogen-bond acceptors (Lipinski definition) is 3. The van der Waals surface area contributed by atoms with Gasteiger partial charge in [0.05, 0.1) is 7.11 Å². The van der Waals surface area contributed by atoms with Crippen molar-refractivity contribution >= 4 is 0 Å². The molecule has 0 spiro atoms. The lowest BCUT2D eigenvalue weighted by molar-refractivity contribution is 0.128. The summed E-state index contributed by atoms with van der Waals surface area (Å²) in [4.78, 5) is 2.47. The SMILES string of the molecule is COc1ccc(CCC(C)(CN)N(C)CC2CC2)cc1. The van der Waals surface area contributed by atoms with Gasteiger partial charge in [-0.3, -0.25) is 4.90 Å². The molecule has 112 valence electrons. The van der Waals surface area contributed by atoms with E-state index in [1.165, 1.54) is 24.9 Å².